The molecule has 3 aliphatic rings. The summed E-state index contributed by atoms with van der Waals surface area (Å²) in [5.74, 6) is 2.23. The van der Waals surface area contributed by atoms with E-state index in [-0.39, 0.29) is 103 Å². The lowest BCUT2D eigenvalue weighted by Crippen LogP contribution is -2.34. The number of anilines is 1. The van der Waals surface area contributed by atoms with E-state index in [1.165, 1.54) is 44.7 Å². The largest absolute Gasteiger partial charge is 0.504 e. The van der Waals surface area contributed by atoms with Crippen molar-refractivity contribution < 1.29 is 89.9 Å². The second-order valence-corrected chi connectivity index (χ2v) is 18.8. The van der Waals surface area contributed by atoms with Crippen LogP contribution in [-0.2, 0) is 41.9 Å². The average Bonchev–Trinajstić information content (AvgIpc) is 3.79. The monoisotopic (exact) mass is 990 g/mol. The molecule has 3 unspecified atom stereocenters. The van der Waals surface area contributed by atoms with Gasteiger partial charge in [-0.1, -0.05) is 35.0 Å². The molecule has 0 bridgehead atoms. The smallest absolute Gasteiger partial charge is 0.490 e. The third-order valence-corrected chi connectivity index (χ3v) is 14.1. The summed E-state index contributed by atoms with van der Waals surface area (Å²) in [7, 11) is -14.2. The van der Waals surface area contributed by atoms with E-state index in [9.17, 15) is 48.1 Å². The van der Waals surface area contributed by atoms with Crippen molar-refractivity contribution in [1.29, 1.82) is 0 Å². The maximum Gasteiger partial charge on any atom is 0.490 e. The molecular weight excluding hydrogens is 960 g/mol. The number of hydrogen-bond donors (Lipinski definition) is 8. The predicted octanol–water partition coefficient (Wildman–Crippen LogP) is 3.93. The number of phenolic OH excluding ortho intramolecular Hbond substituents is 2. The van der Waals surface area contributed by atoms with Crippen molar-refractivity contribution in [2.24, 2.45) is 0 Å². The number of aromatic nitrogens is 2. The van der Waals surface area contributed by atoms with E-state index in [4.69, 9.17) is 62.4 Å². The summed E-state index contributed by atoms with van der Waals surface area (Å²) in [5.41, 5.74) is 2.76. The van der Waals surface area contributed by atoms with Crippen LogP contribution < -0.4 is 31.0 Å². The van der Waals surface area contributed by atoms with Gasteiger partial charge in [-0.25, -0.2) is 23.3 Å². The van der Waals surface area contributed by atoms with E-state index in [1.807, 2.05) is 0 Å². The Hall–Kier alpha value is -5.21. The quantitative estimate of drug-likeness (QED) is 0.0566. The lowest BCUT2D eigenvalue weighted by molar-refractivity contribution is -0.0242. The Balaban J connectivity index is 1.11. The van der Waals surface area contributed by atoms with Crippen LogP contribution in [0.25, 0.3) is 0 Å². The molecule has 24 nitrogen and oxygen atoms in total. The highest BCUT2D eigenvalue weighted by Gasteiger charge is 2.57. The van der Waals surface area contributed by atoms with Gasteiger partial charge in [0.1, 0.15) is 17.8 Å². The van der Waals surface area contributed by atoms with Gasteiger partial charge in [0.15, 0.2) is 28.6 Å². The number of rotatable bonds is 12. The fourth-order valence-corrected chi connectivity index (χ4v) is 10.7. The van der Waals surface area contributed by atoms with Gasteiger partial charge in [0.05, 0.1) is 71.3 Å². The van der Waals surface area contributed by atoms with E-state index in [2.05, 4.69) is 35.3 Å². The van der Waals surface area contributed by atoms with Gasteiger partial charge in [-0.05, 0) is 37.1 Å². The fraction of sp³-hybridized carbons (Fsp3) is 0.257. The number of phosphoric acid groups is 3. The summed E-state index contributed by atoms with van der Waals surface area (Å²) in [6.07, 6.45) is -0.642. The zero-order chi connectivity index (χ0) is 46.7. The van der Waals surface area contributed by atoms with Crippen molar-refractivity contribution in [3.63, 3.8) is 0 Å². The van der Waals surface area contributed by atoms with Crippen LogP contribution in [0.4, 0.5) is 5.82 Å². The van der Waals surface area contributed by atoms with E-state index in [1.54, 1.807) is 0 Å². The molecule has 3 aliphatic heterocycles. The normalized spacial score (nSPS) is 20.3. The van der Waals surface area contributed by atoms with Gasteiger partial charge in [-0.15, -0.1) is 0 Å². The van der Waals surface area contributed by atoms with Crippen molar-refractivity contribution in [2.45, 2.75) is 30.8 Å². The second-order valence-electron chi connectivity index (χ2n) is 13.5. The molecule has 4 heterocycles. The van der Waals surface area contributed by atoms with Crippen LogP contribution in [0.1, 0.15) is 62.0 Å². The van der Waals surface area contributed by atoms with Gasteiger partial charge < -0.3 is 64.5 Å². The van der Waals surface area contributed by atoms with Gasteiger partial charge in [0.2, 0.25) is 5.75 Å². The minimum atomic E-state index is -5.74. The van der Waals surface area contributed by atoms with Crippen molar-refractivity contribution >= 4 is 64.4 Å². The first-order valence-electron chi connectivity index (χ1n) is 17.8. The molecule has 29 heteroatoms. The summed E-state index contributed by atoms with van der Waals surface area (Å²) < 4.78 is 76.2. The molecule has 1 fully saturated rings. The van der Waals surface area contributed by atoms with Crippen LogP contribution in [0.15, 0.2) is 41.3 Å². The number of halogens is 2. The molecule has 4 aromatic rings. The van der Waals surface area contributed by atoms with Crippen LogP contribution in [-0.4, -0.2) is 84.7 Å². The number of methoxy groups -OCH3 is 2. The Morgan fingerprint density at radius 3 is 2.44 bits per heavy atom. The summed E-state index contributed by atoms with van der Waals surface area (Å²) in [6, 6.07) is 6.34. The summed E-state index contributed by atoms with van der Waals surface area (Å²) in [4.78, 5) is 80.5. The number of amides is 1. The molecule has 64 heavy (non-hydrogen) atoms. The van der Waals surface area contributed by atoms with Crippen LogP contribution in [0.2, 0.25) is 10.0 Å². The number of nitrogen functional groups attached to an aromatic ring is 1. The number of carbonyl (C=O) groups is 2. The number of nitrogens with one attached hydrogen (secondary N) is 1. The molecule has 9 N–H and O–H groups in total. The van der Waals surface area contributed by atoms with E-state index < -0.39 is 65.6 Å². The third kappa shape index (κ3) is 8.92. The third-order valence-electron chi connectivity index (χ3n) is 9.59. The number of carbonyl (C=O) groups excluding carboxylic acids is 2. The maximum atomic E-state index is 13.8. The number of ether oxygens (including phenoxy) is 5. The van der Waals surface area contributed by atoms with Crippen LogP contribution in [0.3, 0.4) is 0 Å². The lowest BCUT2D eigenvalue weighted by Gasteiger charge is -2.37. The Kier molecular flexibility index (Phi) is 12.6. The Morgan fingerprint density at radius 1 is 1.02 bits per heavy atom. The SMILES string of the molecule is COc1cc2c(cc1O)Oc1c(ccc(O)c1OC)C21OC(=O)c2c(Cl)cc(C(=O)NCC#Cc3cn([C@H]4CC[C@@H](COP(=O)(O)OP(=O)(O)OP(=O)(O)O)O4)c(=O)nc3N)c(Cl)c21. The lowest BCUT2D eigenvalue weighted by atomic mass is 9.76. The molecule has 7 rings (SSSR count). The fourth-order valence-electron chi connectivity index (χ4n) is 7.04. The number of aromatic hydroxyl groups is 2. The van der Waals surface area contributed by atoms with Crippen molar-refractivity contribution in [1.82, 2.24) is 14.9 Å². The molecule has 1 amide bonds. The molecule has 0 aliphatic carbocycles. The van der Waals surface area contributed by atoms with Crippen LogP contribution >= 0.6 is 46.7 Å². The predicted molar refractivity (Wildman–Crippen MR) is 216 cm³/mol. The van der Waals surface area contributed by atoms with Gasteiger partial charge >= 0.3 is 35.1 Å². The minimum absolute atomic E-state index is 0.00477. The van der Waals surface area contributed by atoms with Crippen molar-refractivity contribution in [2.75, 3.05) is 33.1 Å². The van der Waals surface area contributed by atoms with Gasteiger partial charge in [-0.3, -0.25) is 13.9 Å². The summed E-state index contributed by atoms with van der Waals surface area (Å²) in [6.45, 7) is -1.11. The molecule has 3 aromatic carbocycles. The maximum absolute atomic E-state index is 13.8. The molecule has 1 aromatic heterocycles. The zero-order valence-corrected chi connectivity index (χ0v) is 36.6. The zero-order valence-electron chi connectivity index (χ0n) is 32.4. The first-order chi connectivity index (χ1) is 30.0. The van der Waals surface area contributed by atoms with Crippen molar-refractivity contribution in [3.8, 4) is 46.3 Å². The minimum Gasteiger partial charge on any atom is -0.504 e. The first-order valence-corrected chi connectivity index (χ1v) is 23.1. The number of nitrogens with two attached hydrogens (primary N) is 1. The highest BCUT2D eigenvalue weighted by molar-refractivity contribution is 7.66. The molecule has 5 atom stereocenters. The number of nitrogens with zero attached hydrogens (tertiary/aromatic N) is 2. The van der Waals surface area contributed by atoms with Gasteiger partial charge in [0.25, 0.3) is 5.91 Å². The van der Waals surface area contributed by atoms with E-state index >= 15 is 0 Å². The molecule has 0 radical (unpaired) electrons. The molecular formula is C35H31Cl2N4O20P3. The number of phenols is 2. The molecule has 1 spiro atoms. The molecule has 0 saturated carbocycles. The Labute approximate surface area is 368 Å². The van der Waals surface area contributed by atoms with Gasteiger partial charge in [-0.2, -0.15) is 13.6 Å². The van der Waals surface area contributed by atoms with E-state index in [0.29, 0.717) is 0 Å². The number of hydrogen-bond acceptors (Lipinski definition) is 18. The number of esters is 1. The summed E-state index contributed by atoms with van der Waals surface area (Å²) in [5, 5.41) is 23.3. The van der Waals surface area contributed by atoms with Crippen molar-refractivity contribution in [3.05, 3.63) is 90.4 Å². The van der Waals surface area contributed by atoms with E-state index in [0.717, 1.165) is 10.6 Å². The Bertz CT molecular complexity index is 2910. The average molecular weight is 991 g/mol. The first kappa shape index (κ1) is 46.8. The molecule has 340 valence electrons. The topological polar surface area (TPSA) is 354 Å². The number of phosphoric ester groups is 1. The number of fused-ring (bicyclic) bond motifs is 6. The second kappa shape index (κ2) is 17.3. The highest BCUT2D eigenvalue weighted by Crippen LogP contribution is 2.67. The molecule has 1 saturated heterocycles. The van der Waals surface area contributed by atoms with Crippen LogP contribution in [0, 0.1) is 11.8 Å². The standard InChI is InChI=1S/C35H31Cl2N4O20P3/c1-54-24-11-19-23(12-22(24)43)58-29-18(6-7-21(42)30(29)55-2)35(19)27-26(33(45)59-35)20(36)10-17(28(27)37)32(44)39-9-3-4-15-13-41(34(46)40-31(15)38)25-8-5-16(57-25)14-56-63(50,51)61-64(52,53)60-62(47,48)49/h6-7,10-13,16,25,42-43H,5,8-9,14H2,1-2H3,(H,39,44)(H,50,51)(H,52,53)(H2,38,40,46)(H2,47,48,49)/t16-,25+,35?/m0/s1. The number of benzene rings is 3. The summed E-state index contributed by atoms with van der Waals surface area (Å²) >= 11 is 13.7. The van der Waals surface area contributed by atoms with Crippen LogP contribution in [0.5, 0.6) is 34.5 Å². The highest BCUT2D eigenvalue weighted by atomic mass is 35.5. The van der Waals surface area contributed by atoms with Gasteiger partial charge in [0, 0.05) is 17.8 Å². The Morgan fingerprint density at radius 2 is 1.75 bits per heavy atom.